The average molecular weight is 188 g/mol. The molecule has 0 saturated carbocycles. The SMILES string of the molecule is Cc1ccc(Oc2nc[c]o2)cc1C. The van der Waals surface area contributed by atoms with Crippen molar-refractivity contribution in [2.24, 2.45) is 0 Å². The highest BCUT2D eigenvalue weighted by Crippen LogP contribution is 2.21. The van der Waals surface area contributed by atoms with Crippen LogP contribution < -0.4 is 4.74 Å². The fraction of sp³-hybridized carbons (Fsp3) is 0.182. The predicted octanol–water partition coefficient (Wildman–Crippen LogP) is 2.88. The van der Waals surface area contributed by atoms with Crippen LogP contribution in [-0.4, -0.2) is 4.98 Å². The molecule has 0 saturated heterocycles. The standard InChI is InChI=1S/C11H10NO2/c1-8-3-4-10(7-9(8)2)14-11-12-5-6-13-11/h3-5,7H,1-2H3. The molecule has 14 heavy (non-hydrogen) atoms. The Morgan fingerprint density at radius 2 is 2.14 bits per heavy atom. The van der Waals surface area contributed by atoms with Crippen LogP contribution >= 0.6 is 0 Å². The van der Waals surface area contributed by atoms with Gasteiger partial charge in [0.15, 0.2) is 6.26 Å². The number of benzene rings is 1. The number of ether oxygens (including phenoxy) is 1. The Kier molecular flexibility index (Phi) is 2.23. The molecule has 71 valence electrons. The number of hydrogen-bond acceptors (Lipinski definition) is 3. The Bertz CT molecular complexity index is 421. The number of aryl methyl sites for hydroxylation is 2. The monoisotopic (exact) mass is 188 g/mol. The maximum absolute atomic E-state index is 5.35. The zero-order chi connectivity index (χ0) is 9.97. The third-order valence-electron chi connectivity index (χ3n) is 2.05. The van der Waals surface area contributed by atoms with E-state index >= 15 is 0 Å². The summed E-state index contributed by atoms with van der Waals surface area (Å²) < 4.78 is 10.2. The van der Waals surface area contributed by atoms with Gasteiger partial charge in [-0.15, -0.1) is 0 Å². The van der Waals surface area contributed by atoms with Crippen LogP contribution in [0.1, 0.15) is 11.1 Å². The second-order valence-electron chi connectivity index (χ2n) is 3.09. The van der Waals surface area contributed by atoms with Gasteiger partial charge in [0.2, 0.25) is 0 Å². The summed E-state index contributed by atoms with van der Waals surface area (Å²) in [6.45, 7) is 4.09. The smallest absolute Gasteiger partial charge is 0.399 e. The zero-order valence-corrected chi connectivity index (χ0v) is 8.07. The van der Waals surface area contributed by atoms with Gasteiger partial charge >= 0.3 is 6.08 Å². The average Bonchev–Trinajstić information content (AvgIpc) is 2.64. The number of hydrogen-bond donors (Lipinski definition) is 0. The molecule has 0 aliphatic carbocycles. The van der Waals surface area contributed by atoms with E-state index in [0.29, 0.717) is 0 Å². The lowest BCUT2D eigenvalue weighted by atomic mass is 10.1. The van der Waals surface area contributed by atoms with E-state index in [2.05, 4.69) is 18.2 Å². The number of aromatic nitrogens is 1. The fourth-order valence-corrected chi connectivity index (χ4v) is 1.11. The summed E-state index contributed by atoms with van der Waals surface area (Å²) >= 11 is 0. The maximum atomic E-state index is 5.35. The highest BCUT2D eigenvalue weighted by Gasteiger charge is 2.02. The third kappa shape index (κ3) is 1.76. The van der Waals surface area contributed by atoms with Crippen LogP contribution in [0.15, 0.2) is 28.8 Å². The molecule has 0 aliphatic heterocycles. The van der Waals surface area contributed by atoms with Gasteiger partial charge in [-0.1, -0.05) is 6.07 Å². The van der Waals surface area contributed by atoms with Crippen molar-refractivity contribution in [3.05, 3.63) is 41.8 Å². The lowest BCUT2D eigenvalue weighted by molar-refractivity contribution is 0.328. The van der Waals surface area contributed by atoms with Crippen molar-refractivity contribution in [2.45, 2.75) is 13.8 Å². The van der Waals surface area contributed by atoms with Gasteiger partial charge < -0.3 is 9.15 Å². The second kappa shape index (κ2) is 3.54. The molecule has 0 N–H and O–H groups in total. The second-order valence-corrected chi connectivity index (χ2v) is 3.09. The summed E-state index contributed by atoms with van der Waals surface area (Å²) in [5.74, 6) is 0.726. The first-order chi connectivity index (χ1) is 6.75. The molecule has 0 spiro atoms. The number of rotatable bonds is 2. The molecule has 3 nitrogen and oxygen atoms in total. The summed E-state index contributed by atoms with van der Waals surface area (Å²) in [6, 6.07) is 5.82. The van der Waals surface area contributed by atoms with Gasteiger partial charge in [-0.2, -0.15) is 4.98 Å². The first kappa shape index (κ1) is 8.81. The lowest BCUT2D eigenvalue weighted by Crippen LogP contribution is -1.86. The normalized spacial score (nSPS) is 10.1. The summed E-state index contributed by atoms with van der Waals surface area (Å²) in [4.78, 5) is 3.82. The first-order valence-corrected chi connectivity index (χ1v) is 4.33. The molecule has 0 atom stereocenters. The van der Waals surface area contributed by atoms with E-state index in [4.69, 9.17) is 9.15 Å². The van der Waals surface area contributed by atoms with Crippen LogP contribution in [0.5, 0.6) is 11.8 Å². The summed E-state index contributed by atoms with van der Waals surface area (Å²) in [7, 11) is 0. The predicted molar refractivity (Wildman–Crippen MR) is 51.3 cm³/mol. The molecule has 2 aromatic rings. The minimum atomic E-state index is 0.216. The number of oxazole rings is 1. The molecule has 1 radical (unpaired) electrons. The van der Waals surface area contributed by atoms with Crippen molar-refractivity contribution in [1.82, 2.24) is 4.98 Å². The molecule has 3 heteroatoms. The van der Waals surface area contributed by atoms with Gasteiger partial charge in [-0.25, -0.2) is 0 Å². The van der Waals surface area contributed by atoms with Gasteiger partial charge in [0, 0.05) is 0 Å². The quantitative estimate of drug-likeness (QED) is 0.726. The van der Waals surface area contributed by atoms with Crippen LogP contribution in [0.2, 0.25) is 0 Å². The Morgan fingerprint density at radius 3 is 2.79 bits per heavy atom. The highest BCUT2D eigenvalue weighted by molar-refractivity contribution is 5.34. The molecule has 0 amide bonds. The van der Waals surface area contributed by atoms with Crippen molar-refractivity contribution >= 4 is 0 Å². The number of nitrogens with zero attached hydrogens (tertiary/aromatic N) is 1. The van der Waals surface area contributed by atoms with E-state index in [9.17, 15) is 0 Å². The van der Waals surface area contributed by atoms with Crippen molar-refractivity contribution in [3.8, 4) is 11.8 Å². The summed E-state index contributed by atoms with van der Waals surface area (Å²) in [6.07, 6.45) is 4.11. The Hall–Kier alpha value is -1.77. The molecule has 2 rings (SSSR count). The van der Waals surface area contributed by atoms with Crippen molar-refractivity contribution in [2.75, 3.05) is 0 Å². The molecule has 0 fully saturated rings. The Balaban J connectivity index is 2.22. The minimum absolute atomic E-state index is 0.216. The molecule has 0 aliphatic rings. The van der Waals surface area contributed by atoms with Gasteiger partial charge in [0.05, 0.1) is 6.20 Å². The van der Waals surface area contributed by atoms with Crippen LogP contribution in [-0.2, 0) is 0 Å². The summed E-state index contributed by atoms with van der Waals surface area (Å²) in [5, 5.41) is 0. The van der Waals surface area contributed by atoms with Crippen molar-refractivity contribution in [3.63, 3.8) is 0 Å². The Morgan fingerprint density at radius 1 is 1.29 bits per heavy atom. The topological polar surface area (TPSA) is 35.3 Å². The largest absolute Gasteiger partial charge is 0.411 e. The fourth-order valence-electron chi connectivity index (χ4n) is 1.11. The molecule has 1 aromatic carbocycles. The van der Waals surface area contributed by atoms with Crippen LogP contribution in [0.25, 0.3) is 0 Å². The van der Waals surface area contributed by atoms with E-state index in [1.54, 1.807) is 0 Å². The zero-order valence-electron chi connectivity index (χ0n) is 8.07. The van der Waals surface area contributed by atoms with E-state index in [-0.39, 0.29) is 6.08 Å². The van der Waals surface area contributed by atoms with Crippen molar-refractivity contribution < 1.29 is 9.15 Å². The minimum Gasteiger partial charge on any atom is -0.411 e. The van der Waals surface area contributed by atoms with Gasteiger partial charge in [0.1, 0.15) is 5.75 Å². The van der Waals surface area contributed by atoms with Gasteiger partial charge in [-0.05, 0) is 37.1 Å². The van der Waals surface area contributed by atoms with Crippen LogP contribution in [0, 0.1) is 20.1 Å². The molecular formula is C11H10NO2. The summed E-state index contributed by atoms with van der Waals surface area (Å²) in [5.41, 5.74) is 2.41. The van der Waals surface area contributed by atoms with E-state index in [1.807, 2.05) is 25.1 Å². The molecule has 0 bridgehead atoms. The maximum Gasteiger partial charge on any atom is 0.399 e. The van der Waals surface area contributed by atoms with Crippen molar-refractivity contribution in [1.29, 1.82) is 0 Å². The van der Waals surface area contributed by atoms with E-state index < -0.39 is 0 Å². The van der Waals surface area contributed by atoms with E-state index in [0.717, 1.165) is 5.75 Å². The first-order valence-electron chi connectivity index (χ1n) is 4.33. The van der Waals surface area contributed by atoms with Crippen LogP contribution in [0.3, 0.4) is 0 Å². The molecule has 1 heterocycles. The lowest BCUT2D eigenvalue weighted by Gasteiger charge is -2.03. The van der Waals surface area contributed by atoms with E-state index in [1.165, 1.54) is 17.3 Å². The van der Waals surface area contributed by atoms with Gasteiger partial charge in [0.25, 0.3) is 0 Å². The third-order valence-corrected chi connectivity index (χ3v) is 2.05. The molecular weight excluding hydrogens is 178 g/mol. The van der Waals surface area contributed by atoms with Crippen LogP contribution in [0.4, 0.5) is 0 Å². The van der Waals surface area contributed by atoms with Gasteiger partial charge in [-0.3, -0.25) is 0 Å². The Labute approximate surface area is 82.3 Å². The molecule has 1 aromatic heterocycles. The molecule has 0 unspecified atom stereocenters. The highest BCUT2D eigenvalue weighted by atomic mass is 16.6.